The van der Waals surface area contributed by atoms with Crippen molar-refractivity contribution in [2.24, 2.45) is 4.99 Å². The van der Waals surface area contributed by atoms with Crippen molar-refractivity contribution in [2.75, 3.05) is 20.1 Å². The number of benzene rings is 1. The number of amides is 1. The van der Waals surface area contributed by atoms with Gasteiger partial charge in [0.1, 0.15) is 5.60 Å². The van der Waals surface area contributed by atoms with Gasteiger partial charge in [0.05, 0.1) is 5.56 Å². The Morgan fingerprint density at radius 2 is 1.63 bits per heavy atom. The molecule has 0 saturated carbocycles. The Bertz CT molecular complexity index is 623. The van der Waals surface area contributed by atoms with E-state index in [1.54, 1.807) is 27.8 Å². The fourth-order valence-electron chi connectivity index (χ4n) is 2.02. The molecule has 9 heteroatoms. The number of carbonyl (C=O) groups excluding carboxylic acids is 1. The first-order valence-corrected chi connectivity index (χ1v) is 8.59. The van der Waals surface area contributed by atoms with E-state index in [1.807, 2.05) is 0 Å². The van der Waals surface area contributed by atoms with Crippen LogP contribution in [0.4, 0.5) is 18.0 Å². The van der Waals surface area contributed by atoms with Gasteiger partial charge in [0.15, 0.2) is 5.96 Å². The minimum absolute atomic E-state index is 0.341. The quantitative estimate of drug-likeness (QED) is 0.397. The Hall–Kier alpha value is -2.45. The highest BCUT2D eigenvalue weighted by Gasteiger charge is 2.29. The van der Waals surface area contributed by atoms with E-state index in [0.717, 1.165) is 12.1 Å². The van der Waals surface area contributed by atoms with Crippen LogP contribution in [0, 0.1) is 0 Å². The fraction of sp³-hybridized carbons (Fsp3) is 0.556. The number of rotatable bonds is 6. The van der Waals surface area contributed by atoms with E-state index in [0.29, 0.717) is 37.6 Å². The van der Waals surface area contributed by atoms with Crippen LogP contribution in [0.3, 0.4) is 0 Å². The Labute approximate surface area is 157 Å². The molecular weight excluding hydrogens is 361 g/mol. The van der Waals surface area contributed by atoms with Crippen LogP contribution in [0.15, 0.2) is 29.3 Å². The summed E-state index contributed by atoms with van der Waals surface area (Å²) < 4.78 is 42.8. The molecule has 6 nitrogen and oxygen atoms in total. The first-order valence-electron chi connectivity index (χ1n) is 8.59. The summed E-state index contributed by atoms with van der Waals surface area (Å²) >= 11 is 0. The molecule has 0 bridgehead atoms. The molecular formula is C18H27F3N4O2. The smallest absolute Gasteiger partial charge is 0.416 e. The number of alkyl carbamates (subject to hydrolysis) is 1. The second-order valence-electron chi connectivity index (χ2n) is 6.83. The van der Waals surface area contributed by atoms with Gasteiger partial charge in [0.25, 0.3) is 0 Å². The zero-order valence-electron chi connectivity index (χ0n) is 16.0. The Morgan fingerprint density at radius 3 is 2.15 bits per heavy atom. The monoisotopic (exact) mass is 388 g/mol. The van der Waals surface area contributed by atoms with Gasteiger partial charge in [-0.3, -0.25) is 4.99 Å². The van der Waals surface area contributed by atoms with Crippen LogP contribution >= 0.6 is 0 Å². The maximum absolute atomic E-state index is 12.5. The molecule has 0 radical (unpaired) electrons. The molecule has 0 aliphatic rings. The number of nitrogens with one attached hydrogen (secondary N) is 3. The summed E-state index contributed by atoms with van der Waals surface area (Å²) in [4.78, 5) is 15.5. The standard InChI is InChI=1S/C18H27F3N4O2/c1-17(2,3)27-16(26)24-11-5-10-23-15(22-4)25-12-13-6-8-14(9-7-13)18(19,20)21/h6-9H,5,10-12H2,1-4H3,(H,24,26)(H2,22,23,25). The number of hydrogen-bond acceptors (Lipinski definition) is 3. The fourth-order valence-corrected chi connectivity index (χ4v) is 2.02. The van der Waals surface area contributed by atoms with Gasteiger partial charge in [-0.25, -0.2) is 4.79 Å². The molecule has 1 aromatic rings. The second-order valence-corrected chi connectivity index (χ2v) is 6.83. The highest BCUT2D eigenvalue weighted by molar-refractivity contribution is 5.79. The topological polar surface area (TPSA) is 74.8 Å². The largest absolute Gasteiger partial charge is 0.444 e. The van der Waals surface area contributed by atoms with Crippen molar-refractivity contribution in [3.8, 4) is 0 Å². The number of ether oxygens (including phenoxy) is 1. The lowest BCUT2D eigenvalue weighted by Gasteiger charge is -2.19. The van der Waals surface area contributed by atoms with Crippen LogP contribution in [0.5, 0.6) is 0 Å². The zero-order chi connectivity index (χ0) is 20.5. The van der Waals surface area contributed by atoms with E-state index in [2.05, 4.69) is 20.9 Å². The molecule has 0 atom stereocenters. The Kier molecular flexibility index (Phi) is 8.39. The molecule has 1 amide bonds. The number of alkyl halides is 3. The lowest BCUT2D eigenvalue weighted by Crippen LogP contribution is -2.39. The molecule has 0 saturated heterocycles. The van der Waals surface area contributed by atoms with Crippen molar-refractivity contribution in [1.29, 1.82) is 0 Å². The molecule has 0 aliphatic heterocycles. The third-order valence-electron chi connectivity index (χ3n) is 3.28. The van der Waals surface area contributed by atoms with Crippen molar-refractivity contribution >= 4 is 12.1 Å². The lowest BCUT2D eigenvalue weighted by atomic mass is 10.1. The van der Waals surface area contributed by atoms with Crippen molar-refractivity contribution < 1.29 is 22.7 Å². The second kappa shape index (κ2) is 10.0. The molecule has 3 N–H and O–H groups in total. The van der Waals surface area contributed by atoms with Gasteiger partial charge in [-0.15, -0.1) is 0 Å². The predicted molar refractivity (Wildman–Crippen MR) is 98.5 cm³/mol. The predicted octanol–water partition coefficient (Wildman–Crippen LogP) is 3.29. The van der Waals surface area contributed by atoms with Crippen LogP contribution < -0.4 is 16.0 Å². The number of hydrogen-bond donors (Lipinski definition) is 3. The SMILES string of the molecule is CN=C(NCCCNC(=O)OC(C)(C)C)NCc1ccc(C(F)(F)F)cc1. The minimum Gasteiger partial charge on any atom is -0.444 e. The molecule has 0 unspecified atom stereocenters. The van der Waals surface area contributed by atoms with Crippen molar-refractivity contribution in [3.63, 3.8) is 0 Å². The number of halogens is 3. The number of nitrogens with zero attached hydrogens (tertiary/aromatic N) is 1. The normalized spacial score (nSPS) is 12.5. The third kappa shape index (κ3) is 9.72. The maximum Gasteiger partial charge on any atom is 0.416 e. The average molecular weight is 388 g/mol. The molecule has 0 spiro atoms. The summed E-state index contributed by atoms with van der Waals surface area (Å²) in [5.41, 5.74) is -0.504. The van der Waals surface area contributed by atoms with Crippen LogP contribution in [-0.2, 0) is 17.5 Å². The first kappa shape index (κ1) is 22.6. The molecule has 152 valence electrons. The summed E-state index contributed by atoms with van der Waals surface area (Å²) in [6.07, 6.45) is -4.15. The number of carbonyl (C=O) groups is 1. The van der Waals surface area contributed by atoms with Gasteiger partial charge in [-0.2, -0.15) is 13.2 Å². The molecule has 0 fully saturated rings. The lowest BCUT2D eigenvalue weighted by molar-refractivity contribution is -0.137. The summed E-state index contributed by atoms with van der Waals surface area (Å²) in [6, 6.07) is 4.95. The number of aliphatic imine (C=N–C) groups is 1. The molecule has 0 heterocycles. The summed E-state index contributed by atoms with van der Waals surface area (Å²) in [5, 5.41) is 8.74. The van der Waals surface area contributed by atoms with Crippen molar-refractivity contribution in [2.45, 2.75) is 45.5 Å². The highest BCUT2D eigenvalue weighted by atomic mass is 19.4. The third-order valence-corrected chi connectivity index (χ3v) is 3.28. The van der Waals surface area contributed by atoms with E-state index in [-0.39, 0.29) is 0 Å². The molecule has 1 aromatic carbocycles. The van der Waals surface area contributed by atoms with Crippen LogP contribution in [0.1, 0.15) is 38.3 Å². The molecule has 0 aliphatic carbocycles. The van der Waals surface area contributed by atoms with Crippen molar-refractivity contribution in [3.05, 3.63) is 35.4 Å². The Morgan fingerprint density at radius 1 is 1.04 bits per heavy atom. The van der Waals surface area contributed by atoms with Crippen LogP contribution in [0.25, 0.3) is 0 Å². The van der Waals surface area contributed by atoms with Gasteiger partial charge in [0.2, 0.25) is 0 Å². The van der Waals surface area contributed by atoms with Gasteiger partial charge in [-0.05, 0) is 44.9 Å². The average Bonchev–Trinajstić information content (AvgIpc) is 2.55. The van der Waals surface area contributed by atoms with E-state index in [1.165, 1.54) is 12.1 Å². The minimum atomic E-state index is -4.34. The van der Waals surface area contributed by atoms with Crippen LogP contribution in [-0.4, -0.2) is 37.8 Å². The van der Waals surface area contributed by atoms with E-state index < -0.39 is 23.4 Å². The summed E-state index contributed by atoms with van der Waals surface area (Å²) in [7, 11) is 1.60. The van der Waals surface area contributed by atoms with Gasteiger partial charge in [0, 0.05) is 26.7 Å². The molecule has 1 rings (SSSR count). The van der Waals surface area contributed by atoms with Crippen LogP contribution in [0.2, 0.25) is 0 Å². The van der Waals surface area contributed by atoms with Gasteiger partial charge < -0.3 is 20.7 Å². The highest BCUT2D eigenvalue weighted by Crippen LogP contribution is 2.28. The first-order chi connectivity index (χ1) is 12.5. The van der Waals surface area contributed by atoms with E-state index >= 15 is 0 Å². The van der Waals surface area contributed by atoms with Crippen molar-refractivity contribution in [1.82, 2.24) is 16.0 Å². The van der Waals surface area contributed by atoms with E-state index in [9.17, 15) is 18.0 Å². The Balaban J connectivity index is 2.28. The maximum atomic E-state index is 12.5. The summed E-state index contributed by atoms with van der Waals surface area (Å²) in [5.74, 6) is 0.521. The van der Waals surface area contributed by atoms with Gasteiger partial charge >= 0.3 is 12.3 Å². The van der Waals surface area contributed by atoms with E-state index in [4.69, 9.17) is 4.74 Å². The molecule has 27 heavy (non-hydrogen) atoms. The molecule has 0 aromatic heterocycles. The van der Waals surface area contributed by atoms with Gasteiger partial charge in [-0.1, -0.05) is 12.1 Å². The number of guanidine groups is 1. The summed E-state index contributed by atoms with van der Waals surface area (Å²) in [6.45, 7) is 6.72. The zero-order valence-corrected chi connectivity index (χ0v) is 16.0.